The Morgan fingerprint density at radius 2 is 1.88 bits per heavy atom. The first-order chi connectivity index (χ1) is 12.3. The fourth-order valence-electron chi connectivity index (χ4n) is 2.83. The molecule has 3 aromatic rings. The number of hydrogen-bond acceptors (Lipinski definition) is 5. The molecule has 25 heavy (non-hydrogen) atoms. The highest BCUT2D eigenvalue weighted by molar-refractivity contribution is 5.79. The van der Waals surface area contributed by atoms with Gasteiger partial charge in [-0.05, 0) is 30.2 Å². The number of hydrogen-bond donors (Lipinski definition) is 1. The molecule has 1 aliphatic heterocycles. The van der Waals surface area contributed by atoms with Crippen LogP contribution in [0.15, 0.2) is 59.0 Å². The van der Waals surface area contributed by atoms with Crippen LogP contribution in [0.1, 0.15) is 11.5 Å². The largest absolute Gasteiger partial charge is 0.492 e. The zero-order valence-electron chi connectivity index (χ0n) is 13.5. The van der Waals surface area contributed by atoms with Gasteiger partial charge in [0.25, 0.3) is 0 Å². The molecule has 0 spiro atoms. The van der Waals surface area contributed by atoms with E-state index in [1.54, 1.807) is 0 Å². The molecule has 0 aliphatic carbocycles. The third-order valence-electron chi connectivity index (χ3n) is 4.15. The molecule has 1 N–H and O–H groups in total. The Bertz CT molecular complexity index is 876. The van der Waals surface area contributed by atoms with Crippen molar-refractivity contribution in [1.82, 2.24) is 15.5 Å². The van der Waals surface area contributed by atoms with Crippen molar-refractivity contribution in [3.05, 3.63) is 66.1 Å². The maximum absolute atomic E-state index is 12.4. The highest BCUT2D eigenvalue weighted by Gasteiger charge is 2.25. The summed E-state index contributed by atoms with van der Waals surface area (Å²) in [6.45, 7) is 0.582. The normalized spacial score (nSPS) is 15.9. The zero-order chi connectivity index (χ0) is 17.1. The van der Waals surface area contributed by atoms with E-state index < -0.39 is 0 Å². The van der Waals surface area contributed by atoms with Crippen molar-refractivity contribution in [2.24, 2.45) is 5.92 Å². The monoisotopic (exact) mass is 335 g/mol. The highest BCUT2D eigenvalue weighted by atomic mass is 16.5. The van der Waals surface area contributed by atoms with Crippen LogP contribution >= 0.6 is 0 Å². The van der Waals surface area contributed by atoms with Gasteiger partial charge in [-0.3, -0.25) is 4.79 Å². The fraction of sp³-hybridized carbons (Fsp3) is 0.211. The second kappa shape index (κ2) is 6.76. The van der Waals surface area contributed by atoms with E-state index in [2.05, 4.69) is 15.5 Å². The molecule has 126 valence electrons. The van der Waals surface area contributed by atoms with Gasteiger partial charge in [-0.2, -0.15) is 0 Å². The van der Waals surface area contributed by atoms with Crippen molar-refractivity contribution in [3.8, 4) is 17.2 Å². The number of para-hydroxylation sites is 1. The number of amides is 1. The molecule has 0 saturated carbocycles. The smallest absolute Gasteiger partial charge is 0.247 e. The molecule has 4 rings (SSSR count). The van der Waals surface area contributed by atoms with Crippen LogP contribution in [0, 0.1) is 5.92 Å². The second-order valence-electron chi connectivity index (χ2n) is 5.90. The lowest BCUT2D eigenvalue weighted by atomic mass is 9.96. The summed E-state index contributed by atoms with van der Waals surface area (Å²) in [5.74, 6) is 1.39. The molecule has 0 saturated heterocycles. The number of carbonyl (C=O) groups excluding carboxylic acids is 1. The van der Waals surface area contributed by atoms with E-state index >= 15 is 0 Å². The van der Waals surface area contributed by atoms with Crippen molar-refractivity contribution >= 4 is 5.91 Å². The lowest BCUT2D eigenvalue weighted by molar-refractivity contribution is -0.126. The van der Waals surface area contributed by atoms with E-state index in [-0.39, 0.29) is 18.4 Å². The van der Waals surface area contributed by atoms with Crippen LogP contribution in [0.2, 0.25) is 0 Å². The minimum atomic E-state index is -0.216. The summed E-state index contributed by atoms with van der Waals surface area (Å²) in [5, 5.41) is 10.8. The van der Waals surface area contributed by atoms with Gasteiger partial charge in [0.1, 0.15) is 12.4 Å². The maximum atomic E-state index is 12.4. The number of benzene rings is 2. The first kappa shape index (κ1) is 15.4. The van der Waals surface area contributed by atoms with Gasteiger partial charge in [-0.25, -0.2) is 0 Å². The summed E-state index contributed by atoms with van der Waals surface area (Å²) in [6.07, 6.45) is 0.668. The van der Waals surface area contributed by atoms with E-state index in [9.17, 15) is 4.79 Å². The van der Waals surface area contributed by atoms with Crippen molar-refractivity contribution in [1.29, 1.82) is 0 Å². The van der Waals surface area contributed by atoms with Gasteiger partial charge in [0.15, 0.2) is 0 Å². The molecular weight excluding hydrogens is 318 g/mol. The molecule has 0 bridgehead atoms. The average molecular weight is 335 g/mol. The molecular formula is C19H17N3O3. The van der Waals surface area contributed by atoms with Gasteiger partial charge in [0.2, 0.25) is 17.7 Å². The van der Waals surface area contributed by atoms with E-state index in [4.69, 9.17) is 9.15 Å². The molecule has 0 radical (unpaired) electrons. The fourth-order valence-corrected chi connectivity index (χ4v) is 2.83. The van der Waals surface area contributed by atoms with Gasteiger partial charge < -0.3 is 14.5 Å². The number of ether oxygens (including phenoxy) is 1. The second-order valence-corrected chi connectivity index (χ2v) is 5.90. The summed E-state index contributed by atoms with van der Waals surface area (Å²) in [6, 6.07) is 17.3. The van der Waals surface area contributed by atoms with Crippen molar-refractivity contribution in [2.45, 2.75) is 13.0 Å². The van der Waals surface area contributed by atoms with Crippen molar-refractivity contribution in [2.75, 3.05) is 6.61 Å². The van der Waals surface area contributed by atoms with Gasteiger partial charge in [0.05, 0.1) is 12.5 Å². The minimum Gasteiger partial charge on any atom is -0.492 e. The Labute approximate surface area is 144 Å². The lowest BCUT2D eigenvalue weighted by Crippen LogP contribution is -2.37. The van der Waals surface area contributed by atoms with Crippen molar-refractivity contribution in [3.63, 3.8) is 0 Å². The average Bonchev–Trinajstić information content (AvgIpc) is 3.15. The minimum absolute atomic E-state index is 0.0750. The molecule has 2 heterocycles. The quantitative estimate of drug-likeness (QED) is 0.793. The predicted octanol–water partition coefficient (Wildman–Crippen LogP) is 2.60. The molecule has 6 nitrogen and oxygen atoms in total. The number of fused-ring (bicyclic) bond motifs is 1. The van der Waals surface area contributed by atoms with E-state index in [0.29, 0.717) is 24.8 Å². The van der Waals surface area contributed by atoms with Crippen LogP contribution in [0.3, 0.4) is 0 Å². The molecule has 6 heteroatoms. The summed E-state index contributed by atoms with van der Waals surface area (Å²) >= 11 is 0. The SMILES string of the molecule is O=C(NCc1nnc(-c2ccccc2)o1)C1COc2ccccc2C1. The summed E-state index contributed by atoms with van der Waals surface area (Å²) in [5.41, 5.74) is 1.91. The number of nitrogens with zero attached hydrogens (tertiary/aromatic N) is 2. The van der Waals surface area contributed by atoms with Crippen LogP contribution in [0.4, 0.5) is 0 Å². The Hall–Kier alpha value is -3.15. The Kier molecular flexibility index (Phi) is 4.16. The summed E-state index contributed by atoms with van der Waals surface area (Å²) < 4.78 is 11.3. The number of aromatic nitrogens is 2. The van der Waals surface area contributed by atoms with Gasteiger partial charge in [0, 0.05) is 5.56 Å². The molecule has 2 aromatic carbocycles. The molecule has 1 unspecified atom stereocenters. The van der Waals surface area contributed by atoms with Gasteiger partial charge in [-0.15, -0.1) is 10.2 Å². The molecule has 0 fully saturated rings. The van der Waals surface area contributed by atoms with Crippen LogP contribution in [-0.4, -0.2) is 22.7 Å². The molecule has 1 aromatic heterocycles. The lowest BCUT2D eigenvalue weighted by Gasteiger charge is -2.24. The van der Waals surface area contributed by atoms with Crippen molar-refractivity contribution < 1.29 is 13.9 Å². The summed E-state index contributed by atoms with van der Waals surface area (Å²) in [7, 11) is 0. The van der Waals surface area contributed by atoms with Crippen LogP contribution < -0.4 is 10.1 Å². The van der Waals surface area contributed by atoms with Gasteiger partial charge in [-0.1, -0.05) is 36.4 Å². The Morgan fingerprint density at radius 3 is 2.76 bits per heavy atom. The Morgan fingerprint density at radius 1 is 1.08 bits per heavy atom. The number of carbonyl (C=O) groups is 1. The molecule has 1 aliphatic rings. The summed E-state index contributed by atoms with van der Waals surface area (Å²) in [4.78, 5) is 12.4. The van der Waals surface area contributed by atoms with E-state index in [1.165, 1.54) is 0 Å². The van der Waals surface area contributed by atoms with E-state index in [0.717, 1.165) is 16.9 Å². The molecule has 1 atom stereocenters. The van der Waals surface area contributed by atoms with Crippen LogP contribution in [0.25, 0.3) is 11.5 Å². The molecule has 1 amide bonds. The third kappa shape index (κ3) is 3.38. The van der Waals surface area contributed by atoms with Crippen LogP contribution in [-0.2, 0) is 17.8 Å². The maximum Gasteiger partial charge on any atom is 0.247 e. The predicted molar refractivity (Wildman–Crippen MR) is 90.7 cm³/mol. The van der Waals surface area contributed by atoms with Crippen LogP contribution in [0.5, 0.6) is 5.75 Å². The standard InChI is InChI=1S/C19H17N3O3/c23-18(15-10-14-8-4-5-9-16(14)24-12-15)20-11-17-21-22-19(25-17)13-6-2-1-3-7-13/h1-9,15H,10-12H2,(H,20,23). The highest BCUT2D eigenvalue weighted by Crippen LogP contribution is 2.26. The first-order valence-corrected chi connectivity index (χ1v) is 8.16. The van der Waals surface area contributed by atoms with Gasteiger partial charge >= 0.3 is 0 Å². The number of nitrogens with one attached hydrogen (secondary N) is 1. The zero-order valence-corrected chi connectivity index (χ0v) is 13.5. The Balaban J connectivity index is 1.36. The first-order valence-electron chi connectivity index (χ1n) is 8.16. The number of rotatable bonds is 4. The van der Waals surface area contributed by atoms with E-state index in [1.807, 2.05) is 54.6 Å². The topological polar surface area (TPSA) is 77.3 Å². The third-order valence-corrected chi connectivity index (χ3v) is 4.15.